The Kier molecular flexibility index (Phi) is 5.68. The molecule has 3 rings (SSSR count). The van der Waals surface area contributed by atoms with E-state index < -0.39 is 0 Å². The minimum Gasteiger partial charge on any atom is -0.493 e. The third kappa shape index (κ3) is 4.46. The second-order valence-corrected chi connectivity index (χ2v) is 6.22. The van der Waals surface area contributed by atoms with Crippen molar-refractivity contribution in [2.24, 2.45) is 21.7 Å². The van der Waals surface area contributed by atoms with Gasteiger partial charge in [-0.25, -0.2) is 0 Å². The summed E-state index contributed by atoms with van der Waals surface area (Å²) < 4.78 is 10.6. The van der Waals surface area contributed by atoms with Crippen LogP contribution in [0.25, 0.3) is 10.9 Å². The molecule has 0 saturated carbocycles. The molecule has 0 aliphatic rings. The number of guanidine groups is 1. The summed E-state index contributed by atoms with van der Waals surface area (Å²) >= 11 is 0. The second kappa shape index (κ2) is 8.34. The number of aromatic nitrogens is 1. The molecule has 0 spiro atoms. The fourth-order valence-electron chi connectivity index (χ4n) is 2.77. The number of carbonyl (C=O) groups excluding carboxylic acids is 1. The van der Waals surface area contributed by atoms with E-state index >= 15 is 0 Å². The van der Waals surface area contributed by atoms with Gasteiger partial charge in [-0.3, -0.25) is 4.79 Å². The van der Waals surface area contributed by atoms with Crippen LogP contribution in [0.1, 0.15) is 23.0 Å². The van der Waals surface area contributed by atoms with E-state index in [1.54, 1.807) is 45.4 Å². The third-order valence-electron chi connectivity index (χ3n) is 4.25. The number of hydrogen-bond acceptors (Lipinski definition) is 5. The zero-order valence-electron chi connectivity index (χ0n) is 16.3. The van der Waals surface area contributed by atoms with Gasteiger partial charge in [0, 0.05) is 22.7 Å². The van der Waals surface area contributed by atoms with Crippen LogP contribution in [-0.2, 0) is 0 Å². The van der Waals surface area contributed by atoms with Crippen LogP contribution >= 0.6 is 0 Å². The SMILES string of the molecule is COc1cc2cc(C(=O)Nc3ccc(/C(C)=N\N=C(N)N)cc3)[nH]c2cc1OC. The molecule has 2 aromatic carbocycles. The molecule has 29 heavy (non-hydrogen) atoms. The number of ether oxygens (including phenoxy) is 2. The number of anilines is 1. The van der Waals surface area contributed by atoms with Gasteiger partial charge in [0.2, 0.25) is 5.96 Å². The first-order valence-corrected chi connectivity index (χ1v) is 8.71. The van der Waals surface area contributed by atoms with E-state index in [-0.39, 0.29) is 11.9 Å². The number of aromatic amines is 1. The summed E-state index contributed by atoms with van der Waals surface area (Å²) in [6, 6.07) is 12.5. The first-order valence-electron chi connectivity index (χ1n) is 8.71. The van der Waals surface area contributed by atoms with Gasteiger partial charge >= 0.3 is 0 Å². The van der Waals surface area contributed by atoms with Gasteiger partial charge in [-0.15, -0.1) is 5.10 Å². The number of benzene rings is 2. The molecule has 0 atom stereocenters. The monoisotopic (exact) mass is 394 g/mol. The Morgan fingerprint density at radius 2 is 1.66 bits per heavy atom. The number of methoxy groups -OCH3 is 2. The highest BCUT2D eigenvalue weighted by atomic mass is 16.5. The quantitative estimate of drug-likeness (QED) is 0.289. The second-order valence-electron chi connectivity index (χ2n) is 6.22. The first kappa shape index (κ1) is 19.7. The molecule has 0 fully saturated rings. The Bertz CT molecular complexity index is 1050. The van der Waals surface area contributed by atoms with Crippen molar-refractivity contribution in [3.8, 4) is 11.5 Å². The van der Waals surface area contributed by atoms with Crippen LogP contribution < -0.4 is 26.3 Å². The van der Waals surface area contributed by atoms with E-state index in [4.69, 9.17) is 20.9 Å². The lowest BCUT2D eigenvalue weighted by Crippen LogP contribution is -2.22. The summed E-state index contributed by atoms with van der Waals surface area (Å²) in [6.07, 6.45) is 0. The fraction of sp³-hybridized carbons (Fsp3) is 0.150. The molecule has 0 aliphatic heterocycles. The van der Waals surface area contributed by atoms with Gasteiger partial charge in [-0.1, -0.05) is 12.1 Å². The van der Waals surface area contributed by atoms with E-state index in [1.807, 2.05) is 18.2 Å². The predicted octanol–water partition coefficient (Wildman–Crippen LogP) is 2.43. The lowest BCUT2D eigenvalue weighted by Gasteiger charge is -2.06. The Morgan fingerprint density at radius 3 is 2.28 bits per heavy atom. The molecule has 1 amide bonds. The lowest BCUT2D eigenvalue weighted by atomic mass is 10.1. The smallest absolute Gasteiger partial charge is 0.272 e. The molecule has 9 heteroatoms. The highest BCUT2D eigenvalue weighted by Crippen LogP contribution is 2.32. The lowest BCUT2D eigenvalue weighted by molar-refractivity contribution is 0.102. The van der Waals surface area contributed by atoms with Gasteiger partial charge < -0.3 is 31.2 Å². The average Bonchev–Trinajstić information content (AvgIpc) is 3.14. The van der Waals surface area contributed by atoms with Crippen LogP contribution in [0.5, 0.6) is 11.5 Å². The molecular formula is C20H22N6O3. The molecule has 9 nitrogen and oxygen atoms in total. The van der Waals surface area contributed by atoms with Crippen LogP contribution in [0.4, 0.5) is 5.69 Å². The number of amides is 1. The van der Waals surface area contributed by atoms with Crippen molar-refractivity contribution in [2.45, 2.75) is 6.92 Å². The topological polar surface area (TPSA) is 140 Å². The van der Waals surface area contributed by atoms with Crippen molar-refractivity contribution in [2.75, 3.05) is 19.5 Å². The number of carbonyl (C=O) groups is 1. The zero-order valence-corrected chi connectivity index (χ0v) is 16.3. The Morgan fingerprint density at radius 1 is 1.00 bits per heavy atom. The molecule has 0 saturated heterocycles. The molecule has 0 bridgehead atoms. The molecule has 0 aliphatic carbocycles. The molecule has 150 valence electrons. The van der Waals surface area contributed by atoms with Crippen LogP contribution in [0, 0.1) is 0 Å². The summed E-state index contributed by atoms with van der Waals surface area (Å²) in [5.41, 5.74) is 13.9. The maximum atomic E-state index is 12.6. The summed E-state index contributed by atoms with van der Waals surface area (Å²) in [6.45, 7) is 1.78. The minimum atomic E-state index is -0.266. The van der Waals surface area contributed by atoms with Crippen molar-refractivity contribution in [3.63, 3.8) is 0 Å². The summed E-state index contributed by atoms with van der Waals surface area (Å²) in [5.74, 6) is 0.807. The van der Waals surface area contributed by atoms with E-state index in [2.05, 4.69) is 20.5 Å². The maximum Gasteiger partial charge on any atom is 0.272 e. The van der Waals surface area contributed by atoms with Crippen molar-refractivity contribution >= 4 is 34.2 Å². The van der Waals surface area contributed by atoms with Crippen LogP contribution in [0.3, 0.4) is 0 Å². The molecule has 1 heterocycles. The average molecular weight is 394 g/mol. The van der Waals surface area contributed by atoms with Crippen molar-refractivity contribution in [3.05, 3.63) is 53.7 Å². The van der Waals surface area contributed by atoms with E-state index in [0.717, 1.165) is 16.5 Å². The molecule has 6 N–H and O–H groups in total. The van der Waals surface area contributed by atoms with Gasteiger partial charge in [0.15, 0.2) is 11.5 Å². The number of rotatable bonds is 6. The van der Waals surface area contributed by atoms with E-state index in [1.165, 1.54) is 0 Å². The van der Waals surface area contributed by atoms with Crippen LogP contribution in [0.15, 0.2) is 52.7 Å². The number of H-pyrrole nitrogens is 1. The molecule has 1 aromatic heterocycles. The normalized spacial score (nSPS) is 11.2. The molecule has 0 radical (unpaired) electrons. The largest absolute Gasteiger partial charge is 0.493 e. The van der Waals surface area contributed by atoms with Gasteiger partial charge in [0.05, 0.1) is 19.9 Å². The molecule has 3 aromatic rings. The Labute approximate surface area is 167 Å². The Balaban J connectivity index is 1.78. The third-order valence-corrected chi connectivity index (χ3v) is 4.25. The van der Waals surface area contributed by atoms with Gasteiger partial charge in [0.1, 0.15) is 5.69 Å². The van der Waals surface area contributed by atoms with Crippen LogP contribution in [-0.4, -0.2) is 36.8 Å². The number of hydrogen-bond donors (Lipinski definition) is 4. The predicted molar refractivity (Wildman–Crippen MR) is 114 cm³/mol. The fourth-order valence-corrected chi connectivity index (χ4v) is 2.77. The summed E-state index contributed by atoms with van der Waals surface area (Å²) in [7, 11) is 3.13. The number of fused-ring (bicyclic) bond motifs is 1. The highest BCUT2D eigenvalue weighted by molar-refractivity contribution is 6.06. The van der Waals surface area contributed by atoms with Crippen molar-refractivity contribution < 1.29 is 14.3 Å². The van der Waals surface area contributed by atoms with Gasteiger partial charge in [0.25, 0.3) is 5.91 Å². The maximum absolute atomic E-state index is 12.6. The molecule has 0 unspecified atom stereocenters. The summed E-state index contributed by atoms with van der Waals surface area (Å²) in [4.78, 5) is 15.7. The van der Waals surface area contributed by atoms with Crippen molar-refractivity contribution in [1.82, 2.24) is 4.98 Å². The zero-order chi connectivity index (χ0) is 21.0. The van der Waals surface area contributed by atoms with Gasteiger partial charge in [-0.05, 0) is 36.8 Å². The van der Waals surface area contributed by atoms with E-state index in [0.29, 0.717) is 28.6 Å². The van der Waals surface area contributed by atoms with Gasteiger partial charge in [-0.2, -0.15) is 5.10 Å². The standard InChI is InChI=1S/C20H22N6O3/c1-11(25-26-20(21)22)12-4-6-14(7-5-12)23-19(27)16-8-13-9-17(28-2)18(29-3)10-15(13)24-16/h4-10,24H,1-3H3,(H,23,27)(H4,21,22,26)/b25-11-. The number of nitrogens with one attached hydrogen (secondary N) is 2. The van der Waals surface area contributed by atoms with Crippen molar-refractivity contribution in [1.29, 1.82) is 0 Å². The van der Waals surface area contributed by atoms with Crippen LogP contribution in [0.2, 0.25) is 0 Å². The minimum absolute atomic E-state index is 0.109. The highest BCUT2D eigenvalue weighted by Gasteiger charge is 2.13. The number of nitrogens with zero attached hydrogens (tertiary/aromatic N) is 2. The molecular weight excluding hydrogens is 372 g/mol. The Hall–Kier alpha value is -4.01. The van der Waals surface area contributed by atoms with E-state index in [9.17, 15) is 4.79 Å². The summed E-state index contributed by atoms with van der Waals surface area (Å²) in [5, 5.41) is 11.2. The number of nitrogens with two attached hydrogens (primary N) is 2. The first-order chi connectivity index (χ1) is 13.9.